The highest BCUT2D eigenvalue weighted by Gasteiger charge is 2.08. The summed E-state index contributed by atoms with van der Waals surface area (Å²) in [5.74, 6) is -0.447. The maximum Gasteiger partial charge on any atom is 0.271 e. The number of phenolic OH excluding ortho intramolecular Hbond substituents is 1. The van der Waals surface area contributed by atoms with Crippen molar-refractivity contribution in [2.45, 2.75) is 0 Å². The molecule has 3 rings (SSSR count). The number of benzene rings is 3. The van der Waals surface area contributed by atoms with E-state index in [1.54, 1.807) is 60.7 Å². The van der Waals surface area contributed by atoms with Crippen molar-refractivity contribution in [2.24, 2.45) is 5.10 Å². The van der Waals surface area contributed by atoms with E-state index < -0.39 is 0 Å². The van der Waals surface area contributed by atoms with Gasteiger partial charge in [-0.1, -0.05) is 15.9 Å². The third-order valence-corrected chi connectivity index (χ3v) is 4.31. The molecule has 0 spiro atoms. The molecule has 7 heteroatoms. The minimum atomic E-state index is -0.374. The average molecular weight is 438 g/mol. The molecule has 0 radical (unpaired) electrons. The number of aromatic hydroxyl groups is 1. The van der Waals surface area contributed by atoms with Crippen molar-refractivity contribution in [3.63, 3.8) is 0 Å². The average Bonchev–Trinajstić information content (AvgIpc) is 2.70. The fourth-order valence-corrected chi connectivity index (χ4v) is 2.56. The SMILES string of the molecule is O=C(N/N=C\c1ccc(O)cc1)c1ccc(NC(=O)c2ccc(Br)cc2)cc1. The van der Waals surface area contributed by atoms with Crippen LogP contribution in [0.2, 0.25) is 0 Å². The topological polar surface area (TPSA) is 90.8 Å². The Bertz CT molecular complexity index is 999. The molecule has 3 aromatic rings. The number of carbonyl (C=O) groups is 2. The Morgan fingerprint density at radius 2 is 1.39 bits per heavy atom. The number of hydrazone groups is 1. The fraction of sp³-hybridized carbons (Fsp3) is 0. The largest absolute Gasteiger partial charge is 0.508 e. The van der Waals surface area contributed by atoms with E-state index in [9.17, 15) is 14.7 Å². The number of nitrogens with one attached hydrogen (secondary N) is 2. The van der Waals surface area contributed by atoms with E-state index in [1.807, 2.05) is 0 Å². The maximum absolute atomic E-state index is 12.2. The monoisotopic (exact) mass is 437 g/mol. The number of carbonyl (C=O) groups excluding carboxylic acids is 2. The number of hydrogen-bond acceptors (Lipinski definition) is 4. The molecule has 0 aliphatic rings. The van der Waals surface area contributed by atoms with E-state index in [2.05, 4.69) is 31.8 Å². The van der Waals surface area contributed by atoms with E-state index in [0.29, 0.717) is 16.8 Å². The Morgan fingerprint density at radius 3 is 2.04 bits per heavy atom. The third kappa shape index (κ3) is 5.28. The summed E-state index contributed by atoms with van der Waals surface area (Å²) in [6, 6.07) is 19.9. The predicted octanol–water partition coefficient (Wildman–Crippen LogP) is 4.17. The number of rotatable bonds is 5. The Kier molecular flexibility index (Phi) is 6.18. The summed E-state index contributed by atoms with van der Waals surface area (Å²) in [4.78, 5) is 24.3. The molecule has 0 saturated heterocycles. The van der Waals surface area contributed by atoms with Crippen LogP contribution in [0.4, 0.5) is 5.69 Å². The lowest BCUT2D eigenvalue weighted by Crippen LogP contribution is -2.17. The fourth-order valence-electron chi connectivity index (χ4n) is 2.30. The van der Waals surface area contributed by atoms with E-state index in [4.69, 9.17) is 0 Å². The molecule has 0 heterocycles. The Morgan fingerprint density at radius 1 is 0.821 bits per heavy atom. The molecule has 3 N–H and O–H groups in total. The highest BCUT2D eigenvalue weighted by Crippen LogP contribution is 2.14. The quantitative estimate of drug-likeness (QED) is 0.413. The number of anilines is 1. The van der Waals surface area contributed by atoms with Crippen LogP contribution in [0.15, 0.2) is 82.4 Å². The molecule has 3 aromatic carbocycles. The van der Waals surface area contributed by atoms with Gasteiger partial charge in [0, 0.05) is 21.3 Å². The molecule has 0 bridgehead atoms. The van der Waals surface area contributed by atoms with Crippen LogP contribution in [0.25, 0.3) is 0 Å². The first-order valence-electron chi connectivity index (χ1n) is 8.31. The van der Waals surface area contributed by atoms with Crippen LogP contribution in [-0.2, 0) is 0 Å². The van der Waals surface area contributed by atoms with Crippen LogP contribution in [0.1, 0.15) is 26.3 Å². The van der Waals surface area contributed by atoms with Crippen LogP contribution >= 0.6 is 15.9 Å². The summed E-state index contributed by atoms with van der Waals surface area (Å²) < 4.78 is 0.896. The summed E-state index contributed by atoms with van der Waals surface area (Å²) in [6.07, 6.45) is 1.48. The summed E-state index contributed by atoms with van der Waals surface area (Å²) >= 11 is 3.33. The van der Waals surface area contributed by atoms with Gasteiger partial charge in [0.25, 0.3) is 11.8 Å². The normalized spacial score (nSPS) is 10.6. The second-order valence-corrected chi connectivity index (χ2v) is 6.74. The zero-order valence-corrected chi connectivity index (χ0v) is 16.2. The summed E-state index contributed by atoms with van der Waals surface area (Å²) in [5.41, 5.74) is 4.69. The van der Waals surface area contributed by atoms with Gasteiger partial charge >= 0.3 is 0 Å². The van der Waals surface area contributed by atoms with Crippen molar-refractivity contribution in [1.29, 1.82) is 0 Å². The van der Waals surface area contributed by atoms with Gasteiger partial charge in [-0.25, -0.2) is 5.43 Å². The standard InChI is InChI=1S/C21H16BrN3O3/c22-17-7-3-15(4-8-17)20(27)24-18-9-5-16(6-10-18)21(28)25-23-13-14-1-11-19(26)12-2-14/h1-13,26H,(H,24,27)(H,25,28)/b23-13-. The lowest BCUT2D eigenvalue weighted by molar-refractivity contribution is 0.0954. The summed E-state index contributed by atoms with van der Waals surface area (Å²) in [6.45, 7) is 0. The van der Waals surface area contributed by atoms with Gasteiger partial charge in [-0.15, -0.1) is 0 Å². The van der Waals surface area contributed by atoms with Crippen LogP contribution in [0.5, 0.6) is 5.75 Å². The molecule has 0 saturated carbocycles. The predicted molar refractivity (Wildman–Crippen MR) is 112 cm³/mol. The first-order valence-corrected chi connectivity index (χ1v) is 9.10. The minimum Gasteiger partial charge on any atom is -0.508 e. The van der Waals surface area contributed by atoms with Crippen molar-refractivity contribution in [1.82, 2.24) is 5.43 Å². The third-order valence-electron chi connectivity index (χ3n) is 3.78. The molecule has 0 aliphatic heterocycles. The van der Waals surface area contributed by atoms with E-state index in [0.717, 1.165) is 10.0 Å². The molecule has 140 valence electrons. The van der Waals surface area contributed by atoms with E-state index in [-0.39, 0.29) is 17.6 Å². The highest BCUT2D eigenvalue weighted by molar-refractivity contribution is 9.10. The van der Waals surface area contributed by atoms with Crippen LogP contribution in [0.3, 0.4) is 0 Å². The lowest BCUT2D eigenvalue weighted by atomic mass is 10.1. The first kappa shape index (κ1) is 19.3. The number of halogens is 1. The Hall–Kier alpha value is -3.45. The Balaban J connectivity index is 1.57. The van der Waals surface area contributed by atoms with Crippen molar-refractivity contribution in [3.05, 3.63) is 94.0 Å². The van der Waals surface area contributed by atoms with E-state index in [1.165, 1.54) is 18.3 Å². The molecule has 0 atom stereocenters. The number of phenols is 1. The minimum absolute atomic E-state index is 0.161. The molecular formula is C21H16BrN3O3. The van der Waals surface area contributed by atoms with Crippen LogP contribution in [0, 0.1) is 0 Å². The van der Waals surface area contributed by atoms with E-state index >= 15 is 0 Å². The molecule has 0 aliphatic carbocycles. The zero-order valence-electron chi connectivity index (χ0n) is 14.6. The van der Waals surface area contributed by atoms with Gasteiger partial charge in [-0.05, 0) is 78.4 Å². The molecule has 0 aromatic heterocycles. The molecule has 6 nitrogen and oxygen atoms in total. The Labute approximate surface area is 170 Å². The maximum atomic E-state index is 12.2. The molecule has 2 amide bonds. The smallest absolute Gasteiger partial charge is 0.271 e. The first-order chi connectivity index (χ1) is 13.5. The van der Waals surface area contributed by atoms with Crippen molar-refractivity contribution >= 4 is 39.6 Å². The van der Waals surface area contributed by atoms with Crippen molar-refractivity contribution in [3.8, 4) is 5.75 Å². The van der Waals surface area contributed by atoms with Crippen molar-refractivity contribution < 1.29 is 14.7 Å². The number of nitrogens with zero attached hydrogens (tertiary/aromatic N) is 1. The van der Waals surface area contributed by atoms with Crippen LogP contribution < -0.4 is 10.7 Å². The summed E-state index contributed by atoms with van der Waals surface area (Å²) in [7, 11) is 0. The van der Waals surface area contributed by atoms with Gasteiger partial charge in [0.15, 0.2) is 0 Å². The lowest BCUT2D eigenvalue weighted by Gasteiger charge is -2.06. The van der Waals surface area contributed by atoms with Gasteiger partial charge in [0.1, 0.15) is 5.75 Å². The van der Waals surface area contributed by atoms with Gasteiger partial charge in [-0.3, -0.25) is 9.59 Å². The van der Waals surface area contributed by atoms with Crippen molar-refractivity contribution in [2.75, 3.05) is 5.32 Å². The van der Waals surface area contributed by atoms with Crippen LogP contribution in [-0.4, -0.2) is 23.1 Å². The molecule has 0 unspecified atom stereocenters. The number of hydrogen-bond donors (Lipinski definition) is 3. The molecule has 28 heavy (non-hydrogen) atoms. The van der Waals surface area contributed by atoms with Gasteiger partial charge in [0.05, 0.1) is 6.21 Å². The van der Waals surface area contributed by atoms with Gasteiger partial charge in [0.2, 0.25) is 0 Å². The van der Waals surface area contributed by atoms with Gasteiger partial charge in [-0.2, -0.15) is 5.10 Å². The molecule has 0 fully saturated rings. The molecular weight excluding hydrogens is 422 g/mol. The highest BCUT2D eigenvalue weighted by atomic mass is 79.9. The second-order valence-electron chi connectivity index (χ2n) is 5.83. The summed E-state index contributed by atoms with van der Waals surface area (Å²) in [5, 5.41) is 15.9. The van der Waals surface area contributed by atoms with Gasteiger partial charge < -0.3 is 10.4 Å². The zero-order chi connectivity index (χ0) is 19.9. The number of amides is 2. The second kappa shape index (κ2) is 8.96.